The summed E-state index contributed by atoms with van der Waals surface area (Å²) in [4.78, 5) is 37.8. The first-order valence-electron chi connectivity index (χ1n) is 7.91. The number of likely N-dealkylation sites (N-methyl/N-ethyl adjacent to an activating group) is 1. The average Bonchev–Trinajstić information content (AvgIpc) is 2.67. The zero-order chi connectivity index (χ0) is 18.4. The predicted molar refractivity (Wildman–Crippen MR) is 96.6 cm³/mol. The van der Waals surface area contributed by atoms with E-state index in [4.69, 9.17) is 4.74 Å². The maximum atomic E-state index is 12.1. The Morgan fingerprint density at radius 3 is 2.62 bits per heavy atom. The molecule has 1 N–H and O–H groups in total. The van der Waals surface area contributed by atoms with E-state index in [2.05, 4.69) is 20.3 Å². The Hall–Kier alpha value is -3.55. The van der Waals surface area contributed by atoms with Gasteiger partial charge >= 0.3 is 5.97 Å². The summed E-state index contributed by atoms with van der Waals surface area (Å²) in [6, 6.07) is 10.8. The summed E-state index contributed by atoms with van der Waals surface area (Å²) < 4.78 is 5.02. The third-order valence-electron chi connectivity index (χ3n) is 3.54. The molecule has 0 radical (unpaired) electrons. The van der Waals surface area contributed by atoms with Crippen molar-refractivity contribution in [3.05, 3.63) is 55.0 Å². The monoisotopic (exact) mass is 351 g/mol. The Morgan fingerprint density at radius 2 is 1.81 bits per heavy atom. The Balaban J connectivity index is 1.53. The van der Waals surface area contributed by atoms with Gasteiger partial charge < -0.3 is 15.0 Å². The summed E-state index contributed by atoms with van der Waals surface area (Å²) in [6.45, 7) is -0.436. The van der Waals surface area contributed by atoms with E-state index in [0.29, 0.717) is 11.6 Å². The van der Waals surface area contributed by atoms with Crippen molar-refractivity contribution in [3.8, 4) is 0 Å². The van der Waals surface area contributed by atoms with Crippen LogP contribution in [-0.4, -0.2) is 47.0 Å². The molecular weight excluding hydrogens is 334 g/mol. The highest BCUT2D eigenvalue weighted by Gasteiger charge is 2.13. The number of ether oxygens (including phenoxy) is 1. The van der Waals surface area contributed by atoms with Gasteiger partial charge in [0, 0.05) is 31.0 Å². The highest BCUT2D eigenvalue weighted by Crippen LogP contribution is 2.21. The first-order valence-corrected chi connectivity index (χ1v) is 7.91. The number of benzene rings is 1. The van der Waals surface area contributed by atoms with Gasteiger partial charge in [-0.3, -0.25) is 14.6 Å². The minimum atomic E-state index is -0.547. The van der Waals surface area contributed by atoms with Crippen LogP contribution in [0.2, 0.25) is 0 Å². The van der Waals surface area contributed by atoms with Crippen LogP contribution in [0, 0.1) is 0 Å². The number of fused-ring (bicyclic) bond motifs is 1. The van der Waals surface area contributed by atoms with Crippen molar-refractivity contribution < 1.29 is 14.3 Å². The first kappa shape index (κ1) is 17.3. The second kappa shape index (κ2) is 8.02. The van der Waals surface area contributed by atoms with Crippen molar-refractivity contribution in [1.29, 1.82) is 0 Å². The van der Waals surface area contributed by atoms with Crippen LogP contribution in [0.3, 0.4) is 0 Å². The first-order chi connectivity index (χ1) is 12.6. The summed E-state index contributed by atoms with van der Waals surface area (Å²) in [5, 5.41) is 3.55. The average molecular weight is 351 g/mol. The third kappa shape index (κ3) is 4.29. The van der Waals surface area contributed by atoms with E-state index in [1.54, 1.807) is 49.9 Å². The molecule has 2 aromatic heterocycles. The lowest BCUT2D eigenvalue weighted by atomic mass is 10.2. The molecule has 132 valence electrons. The maximum absolute atomic E-state index is 12.1. The SMILES string of the molecule is CN(CC(=O)OCC(=O)Nc1cccc2ncccc12)c1ncccn1. The fraction of sp³-hybridized carbons (Fsp3) is 0.167. The van der Waals surface area contributed by atoms with Crippen molar-refractivity contribution in [3.63, 3.8) is 0 Å². The summed E-state index contributed by atoms with van der Waals surface area (Å²) >= 11 is 0. The molecule has 0 saturated heterocycles. The van der Waals surface area contributed by atoms with Crippen LogP contribution >= 0.6 is 0 Å². The topological polar surface area (TPSA) is 97.3 Å². The number of hydrogen-bond acceptors (Lipinski definition) is 7. The van der Waals surface area contributed by atoms with Gasteiger partial charge in [-0.15, -0.1) is 0 Å². The molecular formula is C18H17N5O3. The number of rotatable bonds is 6. The number of nitrogens with zero attached hydrogens (tertiary/aromatic N) is 4. The minimum absolute atomic E-state index is 0.0600. The van der Waals surface area contributed by atoms with E-state index < -0.39 is 11.9 Å². The smallest absolute Gasteiger partial charge is 0.326 e. The number of aromatic nitrogens is 3. The second-order valence-electron chi connectivity index (χ2n) is 5.49. The molecule has 0 bridgehead atoms. The van der Waals surface area contributed by atoms with Crippen molar-refractivity contribution in [2.75, 3.05) is 30.4 Å². The molecule has 8 heteroatoms. The lowest BCUT2D eigenvalue weighted by Gasteiger charge is -2.15. The number of amides is 1. The number of carbonyl (C=O) groups excluding carboxylic acids is 2. The Kier molecular flexibility index (Phi) is 5.33. The van der Waals surface area contributed by atoms with E-state index in [-0.39, 0.29) is 13.2 Å². The number of pyridine rings is 1. The van der Waals surface area contributed by atoms with Crippen LogP contribution in [0.5, 0.6) is 0 Å². The van der Waals surface area contributed by atoms with E-state index in [1.807, 2.05) is 12.1 Å². The number of hydrogen-bond donors (Lipinski definition) is 1. The van der Waals surface area contributed by atoms with Crippen molar-refractivity contribution in [2.45, 2.75) is 0 Å². The van der Waals surface area contributed by atoms with Crippen LogP contribution in [0.15, 0.2) is 55.0 Å². The van der Waals surface area contributed by atoms with Crippen LogP contribution in [0.1, 0.15) is 0 Å². The zero-order valence-corrected chi connectivity index (χ0v) is 14.1. The summed E-state index contributed by atoms with van der Waals surface area (Å²) in [6.07, 6.45) is 4.84. The number of carbonyl (C=O) groups is 2. The van der Waals surface area contributed by atoms with E-state index in [0.717, 1.165) is 10.9 Å². The molecule has 0 unspecified atom stereocenters. The Bertz CT molecular complexity index is 912. The highest BCUT2D eigenvalue weighted by molar-refractivity contribution is 6.01. The lowest BCUT2D eigenvalue weighted by Crippen LogP contribution is -2.30. The quantitative estimate of drug-likeness (QED) is 0.674. The minimum Gasteiger partial charge on any atom is -0.454 e. The molecule has 0 saturated carbocycles. The zero-order valence-electron chi connectivity index (χ0n) is 14.1. The van der Waals surface area contributed by atoms with Crippen molar-refractivity contribution >= 4 is 34.4 Å². The molecule has 1 amide bonds. The summed E-state index contributed by atoms with van der Waals surface area (Å²) in [7, 11) is 1.67. The second-order valence-corrected chi connectivity index (χ2v) is 5.49. The largest absolute Gasteiger partial charge is 0.454 e. The van der Waals surface area contributed by atoms with Crippen LogP contribution in [-0.2, 0) is 14.3 Å². The highest BCUT2D eigenvalue weighted by atomic mass is 16.5. The van der Waals surface area contributed by atoms with E-state index >= 15 is 0 Å². The van der Waals surface area contributed by atoms with E-state index in [9.17, 15) is 9.59 Å². The molecule has 3 rings (SSSR count). The van der Waals surface area contributed by atoms with Gasteiger partial charge in [-0.05, 0) is 30.3 Å². The molecule has 0 fully saturated rings. The summed E-state index contributed by atoms with van der Waals surface area (Å²) in [5.74, 6) is -0.569. The van der Waals surface area contributed by atoms with Gasteiger partial charge in [-0.1, -0.05) is 6.07 Å². The molecule has 3 aromatic rings. The fourth-order valence-electron chi connectivity index (χ4n) is 2.34. The molecule has 1 aromatic carbocycles. The molecule has 2 heterocycles. The Morgan fingerprint density at radius 1 is 1.04 bits per heavy atom. The Labute approximate surface area is 149 Å². The summed E-state index contributed by atoms with van der Waals surface area (Å²) in [5.41, 5.74) is 1.39. The number of nitrogens with one attached hydrogen (secondary N) is 1. The molecule has 8 nitrogen and oxygen atoms in total. The van der Waals surface area contributed by atoms with Crippen LogP contribution in [0.25, 0.3) is 10.9 Å². The molecule has 0 aliphatic carbocycles. The molecule has 0 aliphatic rings. The standard InChI is InChI=1S/C18H17N5O3/c1-23(18-20-9-4-10-21-18)11-17(25)26-12-16(24)22-15-7-2-6-14-13(15)5-3-8-19-14/h2-10H,11-12H2,1H3,(H,22,24). The van der Waals surface area contributed by atoms with Gasteiger partial charge in [-0.25, -0.2) is 9.97 Å². The number of anilines is 2. The maximum Gasteiger partial charge on any atom is 0.326 e. The lowest BCUT2D eigenvalue weighted by molar-refractivity contribution is -0.145. The van der Waals surface area contributed by atoms with Crippen LogP contribution in [0.4, 0.5) is 11.6 Å². The van der Waals surface area contributed by atoms with E-state index in [1.165, 1.54) is 4.90 Å². The molecule has 0 spiro atoms. The normalized spacial score (nSPS) is 10.3. The predicted octanol–water partition coefficient (Wildman–Crippen LogP) is 1.64. The van der Waals surface area contributed by atoms with Gasteiger partial charge in [0.2, 0.25) is 5.95 Å². The third-order valence-corrected chi connectivity index (χ3v) is 3.54. The number of esters is 1. The van der Waals surface area contributed by atoms with Gasteiger partial charge in [0.05, 0.1) is 11.2 Å². The van der Waals surface area contributed by atoms with Gasteiger partial charge in [0.25, 0.3) is 5.91 Å². The van der Waals surface area contributed by atoms with Gasteiger partial charge in [0.15, 0.2) is 6.61 Å². The molecule has 26 heavy (non-hydrogen) atoms. The van der Waals surface area contributed by atoms with Crippen molar-refractivity contribution in [2.24, 2.45) is 0 Å². The van der Waals surface area contributed by atoms with Crippen LogP contribution < -0.4 is 10.2 Å². The molecule has 0 atom stereocenters. The van der Waals surface area contributed by atoms with Gasteiger partial charge in [0.1, 0.15) is 6.54 Å². The van der Waals surface area contributed by atoms with Crippen molar-refractivity contribution in [1.82, 2.24) is 15.0 Å². The van der Waals surface area contributed by atoms with Gasteiger partial charge in [-0.2, -0.15) is 0 Å². The molecule has 0 aliphatic heterocycles. The fourth-order valence-corrected chi connectivity index (χ4v) is 2.34.